The van der Waals surface area contributed by atoms with Gasteiger partial charge in [-0.2, -0.15) is 13.8 Å². The van der Waals surface area contributed by atoms with Crippen LogP contribution in [0.1, 0.15) is 72.9 Å². The fraction of sp³-hybridized carbons (Fsp3) is 0.447. The number of aliphatic hydroxyl groups excluding tert-OH is 2. The number of hydrogen-bond acceptors (Lipinski definition) is 13. The van der Waals surface area contributed by atoms with Crippen molar-refractivity contribution in [1.29, 1.82) is 10.8 Å². The molecule has 3 aromatic rings. The Balaban J connectivity index is 1.17. The van der Waals surface area contributed by atoms with Crippen LogP contribution in [0.3, 0.4) is 0 Å². The van der Waals surface area contributed by atoms with Gasteiger partial charge < -0.3 is 40.1 Å². The van der Waals surface area contributed by atoms with E-state index in [0.717, 1.165) is 17.2 Å². The number of amides is 2. The number of halogens is 2. The number of anilines is 1. The van der Waals surface area contributed by atoms with Gasteiger partial charge in [0.2, 0.25) is 6.23 Å². The third-order valence-corrected chi connectivity index (χ3v) is 9.80. The number of piperidine rings is 1. The van der Waals surface area contributed by atoms with Crippen LogP contribution in [0.25, 0.3) is 0 Å². The molecule has 17 nitrogen and oxygen atoms in total. The van der Waals surface area contributed by atoms with E-state index in [1.54, 1.807) is 11.8 Å². The topological polar surface area (TPSA) is 252 Å². The fourth-order valence-corrected chi connectivity index (χ4v) is 6.57. The van der Waals surface area contributed by atoms with Gasteiger partial charge in [-0.15, -0.1) is 0 Å². The Bertz CT molecular complexity index is 2070. The van der Waals surface area contributed by atoms with Crippen molar-refractivity contribution in [2.24, 2.45) is 5.92 Å². The van der Waals surface area contributed by atoms with E-state index in [-0.39, 0.29) is 53.6 Å². The number of hydrogen-bond donors (Lipinski definition) is 7. The Hall–Kier alpha value is -5.79. The number of nitrogens with zero attached hydrogens (tertiary/aromatic N) is 4. The van der Waals surface area contributed by atoms with Crippen molar-refractivity contribution in [3.05, 3.63) is 81.5 Å². The molecule has 2 fully saturated rings. The van der Waals surface area contributed by atoms with Crippen LogP contribution >= 0.6 is 0 Å². The second kappa shape index (κ2) is 17.6. The molecule has 3 heterocycles. The molecule has 2 aliphatic rings. The quantitative estimate of drug-likeness (QED) is 0.0839. The number of aromatic hydroxyl groups is 2. The number of rotatable bonds is 11. The first kappa shape index (κ1) is 42.4. The van der Waals surface area contributed by atoms with Crippen LogP contribution < -0.4 is 15.9 Å². The molecular formula is C38H45F2N7O10. The van der Waals surface area contributed by atoms with E-state index >= 15 is 0 Å². The van der Waals surface area contributed by atoms with Crippen LogP contribution in [0.2, 0.25) is 0 Å². The van der Waals surface area contributed by atoms with Crippen molar-refractivity contribution in [3.63, 3.8) is 0 Å². The summed E-state index contributed by atoms with van der Waals surface area (Å²) in [5.41, 5.74) is -0.251. The number of aromatic nitrogens is 2. The molecule has 0 aliphatic carbocycles. The molecule has 1 aromatic heterocycles. The van der Waals surface area contributed by atoms with Crippen LogP contribution in [0.5, 0.6) is 11.5 Å². The third-order valence-electron chi connectivity index (χ3n) is 9.80. The van der Waals surface area contributed by atoms with Gasteiger partial charge in [-0.25, -0.2) is 4.79 Å². The van der Waals surface area contributed by atoms with Gasteiger partial charge in [0.1, 0.15) is 23.4 Å². The molecule has 2 amide bonds. The van der Waals surface area contributed by atoms with E-state index in [0.29, 0.717) is 41.6 Å². The Labute approximate surface area is 325 Å². The fourth-order valence-electron chi connectivity index (χ4n) is 6.57. The molecule has 5 rings (SSSR count). The van der Waals surface area contributed by atoms with Gasteiger partial charge in [0.25, 0.3) is 11.8 Å². The van der Waals surface area contributed by atoms with Gasteiger partial charge in [-0.05, 0) is 73.6 Å². The predicted molar refractivity (Wildman–Crippen MR) is 200 cm³/mol. The SMILES string of the molecule is CCNC(=O)C(=N)N(C(=N)c1cc(C(C)C)c(O)cc1O)c1ccc(C(=O)N2CCC(COC(=O)Cc3ccn([C@H]4O[C@@H](CO)[C@@H](O)C4(F)F)c(=O)n3)CC2)cc1. The summed E-state index contributed by atoms with van der Waals surface area (Å²) >= 11 is 0. The number of aliphatic hydroxyl groups is 2. The van der Waals surface area contributed by atoms with E-state index < -0.39 is 72.4 Å². The highest BCUT2D eigenvalue weighted by Gasteiger charge is 2.59. The lowest BCUT2D eigenvalue weighted by Crippen LogP contribution is -2.46. The summed E-state index contributed by atoms with van der Waals surface area (Å²) in [4.78, 5) is 57.6. The summed E-state index contributed by atoms with van der Waals surface area (Å²) in [7, 11) is 0. The zero-order valence-corrected chi connectivity index (χ0v) is 31.4. The van der Waals surface area contributed by atoms with Gasteiger partial charge in [0.15, 0.2) is 11.9 Å². The van der Waals surface area contributed by atoms with Gasteiger partial charge in [-0.1, -0.05) is 13.8 Å². The molecular weight excluding hydrogens is 752 g/mol. The van der Waals surface area contributed by atoms with Crippen LogP contribution in [0, 0.1) is 16.7 Å². The molecule has 19 heteroatoms. The number of likely N-dealkylation sites (N-methyl/N-ethyl adjacent to an activating group) is 1. The van der Waals surface area contributed by atoms with Crippen molar-refractivity contribution in [3.8, 4) is 11.5 Å². The van der Waals surface area contributed by atoms with Crippen molar-refractivity contribution < 1.29 is 53.1 Å². The Kier molecular flexibility index (Phi) is 13.0. The molecule has 0 saturated carbocycles. The van der Waals surface area contributed by atoms with Gasteiger partial charge in [0.05, 0.1) is 30.9 Å². The van der Waals surface area contributed by atoms with Crippen molar-refractivity contribution in [2.75, 3.05) is 37.7 Å². The number of phenolic OH excluding ortho intramolecular Hbond substituents is 2. The molecule has 2 aromatic carbocycles. The Morgan fingerprint density at radius 3 is 2.33 bits per heavy atom. The molecule has 2 saturated heterocycles. The normalized spacial score (nSPS) is 19.3. The van der Waals surface area contributed by atoms with E-state index in [2.05, 4.69) is 10.3 Å². The lowest BCUT2D eigenvalue weighted by molar-refractivity contribution is -0.144. The summed E-state index contributed by atoms with van der Waals surface area (Å²) in [6, 6.07) is 9.67. The van der Waals surface area contributed by atoms with E-state index in [1.165, 1.54) is 36.4 Å². The maximum Gasteiger partial charge on any atom is 0.350 e. The number of esters is 1. The number of phenols is 2. The number of alkyl halides is 2. The lowest BCUT2D eigenvalue weighted by Gasteiger charge is -2.32. The minimum Gasteiger partial charge on any atom is -0.508 e. The average Bonchev–Trinajstić information content (AvgIpc) is 3.40. The van der Waals surface area contributed by atoms with Gasteiger partial charge in [-0.3, -0.25) is 34.7 Å². The number of amidine groups is 2. The zero-order chi connectivity index (χ0) is 41.8. The molecule has 57 heavy (non-hydrogen) atoms. The first-order valence-electron chi connectivity index (χ1n) is 18.2. The zero-order valence-electron chi connectivity index (χ0n) is 31.4. The molecule has 0 radical (unpaired) electrons. The predicted octanol–water partition coefficient (Wildman–Crippen LogP) is 2.25. The number of carbonyl (C=O) groups excluding carboxylic acids is 3. The van der Waals surface area contributed by atoms with Crippen molar-refractivity contribution in [2.45, 2.75) is 70.3 Å². The smallest absolute Gasteiger partial charge is 0.350 e. The van der Waals surface area contributed by atoms with Crippen LogP contribution in [0.15, 0.2) is 53.5 Å². The second-order valence-corrected chi connectivity index (χ2v) is 14.1. The number of nitrogens with one attached hydrogen (secondary N) is 3. The summed E-state index contributed by atoms with van der Waals surface area (Å²) in [5.74, 6) is -7.50. The number of likely N-dealkylation sites (tertiary alicyclic amines) is 1. The largest absolute Gasteiger partial charge is 0.508 e. The number of benzene rings is 2. The maximum atomic E-state index is 14.5. The van der Waals surface area contributed by atoms with E-state index in [4.69, 9.17) is 20.3 Å². The Morgan fingerprint density at radius 1 is 1.09 bits per heavy atom. The summed E-state index contributed by atoms with van der Waals surface area (Å²) in [6.07, 6.45) is -4.56. The highest BCUT2D eigenvalue weighted by Crippen LogP contribution is 2.42. The van der Waals surface area contributed by atoms with E-state index in [9.17, 15) is 48.4 Å². The summed E-state index contributed by atoms with van der Waals surface area (Å²) in [5, 5.41) is 60.0. The monoisotopic (exact) mass is 797 g/mol. The maximum absolute atomic E-state index is 14.5. The molecule has 3 atom stereocenters. The van der Waals surface area contributed by atoms with Gasteiger partial charge >= 0.3 is 17.6 Å². The van der Waals surface area contributed by atoms with Crippen molar-refractivity contribution >= 4 is 35.1 Å². The first-order valence-corrected chi connectivity index (χ1v) is 18.2. The molecule has 2 aliphatic heterocycles. The number of carbonyl (C=O) groups is 3. The third kappa shape index (κ3) is 9.11. The second-order valence-electron chi connectivity index (χ2n) is 14.1. The molecule has 0 unspecified atom stereocenters. The van der Waals surface area contributed by atoms with Crippen LogP contribution in [0.4, 0.5) is 14.5 Å². The van der Waals surface area contributed by atoms with E-state index in [1.807, 2.05) is 13.8 Å². The Morgan fingerprint density at radius 2 is 1.75 bits per heavy atom. The standard InChI is InChI=1S/C38H45F2N7O10/c1-4-43-34(53)33(42)47(32(41)26-16-25(20(2)3)27(49)17-28(26)50)24-7-5-22(6-8-24)35(54)45-12-9-21(10-13-45)19-56-30(51)15-23-11-14-46(37(55)44-23)36-38(39,40)31(52)29(18-48)57-36/h5-8,11,14,16-17,20-21,29,31,36,41-42,48-50,52H,4,9-10,12-13,15,18-19H2,1-3H3,(H,43,53)/t29-,31+,36-/m0/s1. The first-order chi connectivity index (χ1) is 27.0. The highest BCUT2D eigenvalue weighted by molar-refractivity contribution is 6.48. The summed E-state index contributed by atoms with van der Waals surface area (Å²) in [6.45, 7) is 5.38. The highest BCUT2D eigenvalue weighted by atomic mass is 19.3. The number of ether oxygens (including phenoxy) is 2. The molecule has 7 N–H and O–H groups in total. The van der Waals surface area contributed by atoms with Gasteiger partial charge in [0, 0.05) is 43.1 Å². The van der Waals surface area contributed by atoms with Crippen LogP contribution in [-0.2, 0) is 25.5 Å². The molecule has 0 spiro atoms. The lowest BCUT2D eigenvalue weighted by atomic mass is 9.97. The minimum atomic E-state index is -3.88. The minimum absolute atomic E-state index is 0.0227. The summed E-state index contributed by atoms with van der Waals surface area (Å²) < 4.78 is 39.8. The average molecular weight is 798 g/mol. The molecule has 306 valence electrons. The molecule has 0 bridgehead atoms. The van der Waals surface area contributed by atoms with Crippen LogP contribution in [-0.4, -0.2) is 115 Å². The van der Waals surface area contributed by atoms with Crippen molar-refractivity contribution in [1.82, 2.24) is 19.8 Å².